The average molecular weight is 428 g/mol. The molecule has 0 saturated carbocycles. The third-order valence-corrected chi connectivity index (χ3v) is 5.54. The van der Waals surface area contributed by atoms with Gasteiger partial charge in [-0.15, -0.1) is 0 Å². The van der Waals surface area contributed by atoms with Gasteiger partial charge < -0.3 is 10.6 Å². The average Bonchev–Trinajstić information content (AvgIpc) is 2.74. The number of anilines is 1. The molecule has 0 aliphatic heterocycles. The minimum absolute atomic E-state index is 0.197. The van der Waals surface area contributed by atoms with Gasteiger partial charge in [-0.1, -0.05) is 48.5 Å². The zero-order valence-corrected chi connectivity index (χ0v) is 16.9. The van der Waals surface area contributed by atoms with Crippen molar-refractivity contribution in [2.45, 2.75) is 4.90 Å². The SMILES string of the molecule is O=S(=O)(CN=C(NC(=S)Nc1ccc(F)cc1)c1ccccc1)c1ccccc1. The zero-order valence-electron chi connectivity index (χ0n) is 15.2. The molecule has 2 N–H and O–H groups in total. The molecule has 3 aromatic rings. The molecule has 148 valence electrons. The fraction of sp³-hybridized carbons (Fsp3) is 0.0476. The summed E-state index contributed by atoms with van der Waals surface area (Å²) in [4.78, 5) is 4.47. The van der Waals surface area contributed by atoms with E-state index in [0.717, 1.165) is 0 Å². The summed E-state index contributed by atoms with van der Waals surface area (Å²) in [5.41, 5.74) is 1.27. The third kappa shape index (κ3) is 5.94. The van der Waals surface area contributed by atoms with Crippen LogP contribution in [0.2, 0.25) is 0 Å². The molecule has 0 aliphatic rings. The zero-order chi connectivity index (χ0) is 20.7. The topological polar surface area (TPSA) is 70.6 Å². The van der Waals surface area contributed by atoms with E-state index in [1.165, 1.54) is 24.3 Å². The highest BCUT2D eigenvalue weighted by Gasteiger charge is 2.14. The molecule has 0 amide bonds. The van der Waals surface area contributed by atoms with Crippen molar-refractivity contribution in [1.29, 1.82) is 0 Å². The summed E-state index contributed by atoms with van der Waals surface area (Å²) >= 11 is 5.30. The molecule has 29 heavy (non-hydrogen) atoms. The standard InChI is InChI=1S/C21H18FN3O2S2/c22-17-11-13-18(14-12-17)24-21(28)25-20(16-7-3-1-4-8-16)23-15-29(26,27)19-9-5-2-6-10-19/h1-14H,15H2,(H2,23,24,25,28). The minimum atomic E-state index is -3.60. The minimum Gasteiger partial charge on any atom is -0.332 e. The molecule has 0 unspecified atom stereocenters. The quantitative estimate of drug-likeness (QED) is 0.366. The first-order valence-electron chi connectivity index (χ1n) is 8.65. The number of nitrogens with one attached hydrogen (secondary N) is 2. The highest BCUT2D eigenvalue weighted by Crippen LogP contribution is 2.12. The van der Waals surface area contributed by atoms with Crippen LogP contribution in [0.4, 0.5) is 10.1 Å². The fourth-order valence-corrected chi connectivity index (χ4v) is 3.69. The van der Waals surface area contributed by atoms with Crippen LogP contribution >= 0.6 is 12.2 Å². The maximum Gasteiger partial charge on any atom is 0.198 e. The molecule has 3 aromatic carbocycles. The highest BCUT2D eigenvalue weighted by molar-refractivity contribution is 7.91. The molecular formula is C21H18FN3O2S2. The summed E-state index contributed by atoms with van der Waals surface area (Å²) in [6.45, 7) is 0. The molecule has 0 saturated heterocycles. The van der Waals surface area contributed by atoms with Crippen molar-refractivity contribution in [2.24, 2.45) is 4.99 Å². The van der Waals surface area contributed by atoms with Gasteiger partial charge in [0.15, 0.2) is 14.9 Å². The number of rotatable bonds is 5. The van der Waals surface area contributed by atoms with Gasteiger partial charge >= 0.3 is 0 Å². The van der Waals surface area contributed by atoms with E-state index in [4.69, 9.17) is 12.2 Å². The van der Waals surface area contributed by atoms with Crippen LogP contribution < -0.4 is 10.6 Å². The van der Waals surface area contributed by atoms with Gasteiger partial charge in [0.05, 0.1) is 4.90 Å². The Bertz CT molecular complexity index is 1100. The first-order chi connectivity index (χ1) is 13.9. The predicted octanol–water partition coefficient (Wildman–Crippen LogP) is 3.99. The van der Waals surface area contributed by atoms with E-state index < -0.39 is 15.7 Å². The lowest BCUT2D eigenvalue weighted by Gasteiger charge is -2.13. The normalized spacial score (nSPS) is 11.7. The molecule has 0 heterocycles. The van der Waals surface area contributed by atoms with E-state index in [-0.39, 0.29) is 15.8 Å². The van der Waals surface area contributed by atoms with E-state index in [1.54, 1.807) is 42.5 Å². The molecule has 5 nitrogen and oxygen atoms in total. The van der Waals surface area contributed by atoms with Crippen LogP contribution in [0.5, 0.6) is 0 Å². The summed E-state index contributed by atoms with van der Waals surface area (Å²) in [6, 6.07) is 22.9. The molecule has 0 aliphatic carbocycles. The van der Waals surface area contributed by atoms with Crippen molar-refractivity contribution < 1.29 is 12.8 Å². The summed E-state index contributed by atoms with van der Waals surface area (Å²) in [5.74, 6) is -0.482. The second-order valence-corrected chi connectivity index (χ2v) is 8.38. The van der Waals surface area contributed by atoms with Crippen LogP contribution in [0.25, 0.3) is 0 Å². The Hall–Kier alpha value is -3.10. The molecule has 0 atom stereocenters. The first-order valence-corrected chi connectivity index (χ1v) is 10.7. The van der Waals surface area contributed by atoms with Crippen LogP contribution in [0.3, 0.4) is 0 Å². The molecule has 8 heteroatoms. The van der Waals surface area contributed by atoms with Gasteiger partial charge in [0.2, 0.25) is 0 Å². The Morgan fingerprint density at radius 2 is 1.48 bits per heavy atom. The van der Waals surface area contributed by atoms with Crippen molar-refractivity contribution in [1.82, 2.24) is 5.32 Å². The first kappa shape index (κ1) is 20.6. The number of hydrogen-bond donors (Lipinski definition) is 2. The number of nitrogens with zero attached hydrogens (tertiary/aromatic N) is 1. The van der Waals surface area contributed by atoms with Gasteiger partial charge in [-0.3, -0.25) is 4.99 Å². The van der Waals surface area contributed by atoms with Crippen LogP contribution in [0, 0.1) is 5.82 Å². The van der Waals surface area contributed by atoms with Crippen molar-refractivity contribution in [3.05, 3.63) is 96.3 Å². The largest absolute Gasteiger partial charge is 0.332 e. The van der Waals surface area contributed by atoms with Crippen LogP contribution in [0.1, 0.15) is 5.56 Å². The summed E-state index contributed by atoms with van der Waals surface area (Å²) in [7, 11) is -3.60. The lowest BCUT2D eigenvalue weighted by molar-refractivity contribution is 0.596. The van der Waals surface area contributed by atoms with Crippen LogP contribution in [-0.4, -0.2) is 25.2 Å². The molecule has 0 radical (unpaired) electrons. The Balaban J connectivity index is 1.80. The summed E-state index contributed by atoms with van der Waals surface area (Å²) in [5, 5.41) is 6.06. The van der Waals surface area contributed by atoms with Crippen LogP contribution in [-0.2, 0) is 9.84 Å². The predicted molar refractivity (Wildman–Crippen MR) is 117 cm³/mol. The molecule has 3 rings (SSSR count). The van der Waals surface area contributed by atoms with Gasteiger partial charge in [-0.05, 0) is 48.6 Å². The molecule has 0 bridgehead atoms. The Morgan fingerprint density at radius 3 is 2.10 bits per heavy atom. The lowest BCUT2D eigenvalue weighted by Crippen LogP contribution is -2.35. The number of halogens is 1. The van der Waals surface area contributed by atoms with E-state index in [9.17, 15) is 12.8 Å². The number of benzene rings is 3. The van der Waals surface area contributed by atoms with Crippen molar-refractivity contribution in [3.63, 3.8) is 0 Å². The van der Waals surface area contributed by atoms with Crippen LogP contribution in [0.15, 0.2) is 94.8 Å². The van der Waals surface area contributed by atoms with Gasteiger partial charge in [-0.25, -0.2) is 12.8 Å². The second kappa shape index (κ2) is 9.40. The maximum atomic E-state index is 13.1. The Kier molecular flexibility index (Phi) is 6.69. The van der Waals surface area contributed by atoms with Crippen molar-refractivity contribution in [2.75, 3.05) is 11.2 Å². The highest BCUT2D eigenvalue weighted by atomic mass is 32.2. The maximum absolute atomic E-state index is 13.1. The molecular weight excluding hydrogens is 409 g/mol. The third-order valence-electron chi connectivity index (χ3n) is 3.88. The van der Waals surface area contributed by atoms with Crippen molar-refractivity contribution in [3.8, 4) is 0 Å². The second-order valence-electron chi connectivity index (χ2n) is 6.02. The van der Waals surface area contributed by atoms with E-state index >= 15 is 0 Å². The van der Waals surface area contributed by atoms with E-state index in [1.807, 2.05) is 18.2 Å². The lowest BCUT2D eigenvalue weighted by atomic mass is 10.2. The molecule has 0 aromatic heterocycles. The monoisotopic (exact) mass is 427 g/mol. The van der Waals surface area contributed by atoms with E-state index in [2.05, 4.69) is 15.6 Å². The number of thiocarbonyl (C=S) groups is 1. The fourth-order valence-electron chi connectivity index (χ4n) is 2.45. The Morgan fingerprint density at radius 1 is 0.897 bits per heavy atom. The smallest absolute Gasteiger partial charge is 0.198 e. The van der Waals surface area contributed by atoms with Gasteiger partial charge in [0.25, 0.3) is 0 Å². The summed E-state index contributed by atoms with van der Waals surface area (Å²) in [6.07, 6.45) is 0. The van der Waals surface area contributed by atoms with Crippen molar-refractivity contribution >= 4 is 38.7 Å². The molecule has 0 spiro atoms. The number of amidine groups is 1. The van der Waals surface area contributed by atoms with Gasteiger partial charge in [0, 0.05) is 11.3 Å². The Labute approximate surface area is 174 Å². The number of hydrogen-bond acceptors (Lipinski definition) is 4. The number of sulfone groups is 1. The number of aliphatic imine (C=N–C) groups is 1. The van der Waals surface area contributed by atoms with Gasteiger partial charge in [-0.2, -0.15) is 0 Å². The van der Waals surface area contributed by atoms with E-state index in [0.29, 0.717) is 17.1 Å². The summed E-state index contributed by atoms with van der Waals surface area (Å²) < 4.78 is 38.2. The molecule has 0 fully saturated rings. The van der Waals surface area contributed by atoms with Gasteiger partial charge in [0.1, 0.15) is 17.5 Å².